The van der Waals surface area contributed by atoms with E-state index in [4.69, 9.17) is 9.47 Å². The second-order valence-corrected chi connectivity index (χ2v) is 4.16. The van der Waals surface area contributed by atoms with Crippen molar-refractivity contribution in [2.24, 2.45) is 0 Å². The van der Waals surface area contributed by atoms with Gasteiger partial charge >= 0.3 is 0 Å². The van der Waals surface area contributed by atoms with E-state index < -0.39 is 5.82 Å². The third-order valence-corrected chi connectivity index (χ3v) is 2.69. The van der Waals surface area contributed by atoms with Crippen molar-refractivity contribution in [1.29, 1.82) is 0 Å². The molecule has 20 heavy (non-hydrogen) atoms. The molecule has 0 saturated carbocycles. The molecule has 0 aliphatic rings. The molecular weight excluding hydrogens is 261 g/mol. The van der Waals surface area contributed by atoms with Crippen molar-refractivity contribution in [1.82, 2.24) is 4.98 Å². The quantitative estimate of drug-likeness (QED) is 0.787. The van der Waals surface area contributed by atoms with Gasteiger partial charge in [-0.15, -0.1) is 0 Å². The van der Waals surface area contributed by atoms with Crippen LogP contribution in [0.4, 0.5) is 4.39 Å². The zero-order valence-electron chi connectivity index (χ0n) is 11.2. The van der Waals surface area contributed by atoms with Gasteiger partial charge in [0.15, 0.2) is 5.78 Å². The molecule has 0 atom stereocenters. The molecular formula is C15H14FNO3. The number of methoxy groups -OCH3 is 1. The number of carbonyl (C=O) groups is 1. The Morgan fingerprint density at radius 2 is 2.10 bits per heavy atom. The third-order valence-electron chi connectivity index (χ3n) is 2.69. The molecule has 5 heteroatoms. The summed E-state index contributed by atoms with van der Waals surface area (Å²) in [5.74, 6) is 0.0430. The van der Waals surface area contributed by atoms with E-state index in [1.54, 1.807) is 18.2 Å². The minimum atomic E-state index is -0.455. The molecule has 2 aromatic rings. The lowest BCUT2D eigenvalue weighted by atomic mass is 10.1. The molecule has 0 spiro atoms. The van der Waals surface area contributed by atoms with Crippen LogP contribution in [0.5, 0.6) is 11.6 Å². The summed E-state index contributed by atoms with van der Waals surface area (Å²) in [4.78, 5) is 15.6. The predicted octanol–water partition coefficient (Wildman–Crippen LogP) is 3.01. The maximum absolute atomic E-state index is 13.2. The van der Waals surface area contributed by atoms with E-state index in [9.17, 15) is 9.18 Å². The zero-order valence-corrected chi connectivity index (χ0v) is 11.2. The van der Waals surface area contributed by atoms with E-state index in [1.165, 1.54) is 32.2 Å². The molecule has 0 fully saturated rings. The van der Waals surface area contributed by atoms with Gasteiger partial charge in [-0.2, -0.15) is 0 Å². The Balaban J connectivity index is 2.17. The predicted molar refractivity (Wildman–Crippen MR) is 71.5 cm³/mol. The molecule has 0 N–H and O–H groups in total. The van der Waals surface area contributed by atoms with Gasteiger partial charge in [-0.05, 0) is 25.1 Å². The van der Waals surface area contributed by atoms with Crippen LogP contribution in [0.3, 0.4) is 0 Å². The number of carbonyl (C=O) groups excluding carboxylic acids is 1. The fraction of sp³-hybridized carbons (Fsp3) is 0.200. The van der Waals surface area contributed by atoms with Crippen molar-refractivity contribution in [2.45, 2.75) is 13.5 Å². The molecule has 1 heterocycles. The molecule has 2 rings (SSSR count). The molecule has 1 aromatic carbocycles. The molecule has 4 nitrogen and oxygen atoms in total. The average molecular weight is 275 g/mol. The van der Waals surface area contributed by atoms with Gasteiger partial charge in [-0.25, -0.2) is 9.37 Å². The van der Waals surface area contributed by atoms with Gasteiger partial charge in [0, 0.05) is 12.1 Å². The Bertz CT molecular complexity index is 628. The van der Waals surface area contributed by atoms with Crippen LogP contribution in [0.2, 0.25) is 0 Å². The van der Waals surface area contributed by atoms with Gasteiger partial charge in [0.1, 0.15) is 18.2 Å². The number of halogens is 1. The Hall–Kier alpha value is -2.43. The lowest BCUT2D eigenvalue weighted by Crippen LogP contribution is -2.04. The van der Waals surface area contributed by atoms with Crippen molar-refractivity contribution < 1.29 is 18.7 Å². The van der Waals surface area contributed by atoms with Gasteiger partial charge in [0.2, 0.25) is 5.88 Å². The molecule has 1 aromatic heterocycles. The number of ketones is 1. The first kappa shape index (κ1) is 14.0. The number of hydrogen-bond donors (Lipinski definition) is 0. The fourth-order valence-electron chi connectivity index (χ4n) is 1.71. The first-order valence-corrected chi connectivity index (χ1v) is 6.03. The molecule has 0 amide bonds. The van der Waals surface area contributed by atoms with Gasteiger partial charge in [0.05, 0.1) is 18.4 Å². The molecule has 0 unspecified atom stereocenters. The average Bonchev–Trinajstić information content (AvgIpc) is 2.45. The molecule has 0 radical (unpaired) electrons. The lowest BCUT2D eigenvalue weighted by molar-refractivity contribution is 0.101. The van der Waals surface area contributed by atoms with Crippen molar-refractivity contribution in [3.05, 3.63) is 53.5 Å². The fourth-order valence-corrected chi connectivity index (χ4v) is 1.71. The SMILES string of the molecule is COc1cccc(COc2cc(F)ccc2C(C)=O)n1. The van der Waals surface area contributed by atoms with Gasteiger partial charge in [-0.3, -0.25) is 4.79 Å². The van der Waals surface area contributed by atoms with E-state index in [-0.39, 0.29) is 18.1 Å². The standard InChI is InChI=1S/C15H14FNO3/c1-10(18)13-7-6-11(16)8-14(13)20-9-12-4-3-5-15(17-12)19-2/h3-8H,9H2,1-2H3. The van der Waals surface area contributed by atoms with Crippen molar-refractivity contribution in [2.75, 3.05) is 7.11 Å². The summed E-state index contributed by atoms with van der Waals surface area (Å²) >= 11 is 0. The maximum Gasteiger partial charge on any atom is 0.213 e. The smallest absolute Gasteiger partial charge is 0.213 e. The number of aromatic nitrogens is 1. The van der Waals surface area contributed by atoms with E-state index in [1.807, 2.05) is 0 Å². The Labute approximate surface area is 116 Å². The van der Waals surface area contributed by atoms with Crippen LogP contribution < -0.4 is 9.47 Å². The Kier molecular flexibility index (Phi) is 4.30. The minimum Gasteiger partial charge on any atom is -0.486 e. The molecule has 0 saturated heterocycles. The molecule has 0 bridgehead atoms. The van der Waals surface area contributed by atoms with Crippen LogP contribution in [0.25, 0.3) is 0 Å². The Morgan fingerprint density at radius 1 is 1.30 bits per heavy atom. The Morgan fingerprint density at radius 3 is 2.80 bits per heavy atom. The summed E-state index contributed by atoms with van der Waals surface area (Å²) in [5, 5.41) is 0. The van der Waals surface area contributed by atoms with E-state index in [0.717, 1.165) is 0 Å². The van der Waals surface area contributed by atoms with Crippen LogP contribution >= 0.6 is 0 Å². The van der Waals surface area contributed by atoms with Crippen LogP contribution in [0.1, 0.15) is 23.0 Å². The van der Waals surface area contributed by atoms with Crippen LogP contribution in [0.15, 0.2) is 36.4 Å². The molecule has 104 valence electrons. The van der Waals surface area contributed by atoms with E-state index in [0.29, 0.717) is 17.1 Å². The number of pyridine rings is 1. The topological polar surface area (TPSA) is 48.4 Å². The minimum absolute atomic E-state index is 0.126. The van der Waals surface area contributed by atoms with Gasteiger partial charge in [0.25, 0.3) is 0 Å². The second kappa shape index (κ2) is 6.14. The highest BCUT2D eigenvalue weighted by Crippen LogP contribution is 2.21. The lowest BCUT2D eigenvalue weighted by Gasteiger charge is -2.10. The highest BCUT2D eigenvalue weighted by atomic mass is 19.1. The largest absolute Gasteiger partial charge is 0.486 e. The number of rotatable bonds is 5. The highest BCUT2D eigenvalue weighted by molar-refractivity contribution is 5.96. The third kappa shape index (κ3) is 3.32. The van der Waals surface area contributed by atoms with Crippen LogP contribution in [-0.4, -0.2) is 17.9 Å². The van der Waals surface area contributed by atoms with E-state index in [2.05, 4.69) is 4.98 Å². The first-order chi connectivity index (χ1) is 9.60. The van der Waals surface area contributed by atoms with Crippen molar-refractivity contribution in [3.63, 3.8) is 0 Å². The summed E-state index contributed by atoms with van der Waals surface area (Å²) in [5.41, 5.74) is 0.970. The van der Waals surface area contributed by atoms with Crippen molar-refractivity contribution in [3.8, 4) is 11.6 Å². The van der Waals surface area contributed by atoms with Gasteiger partial charge < -0.3 is 9.47 Å². The number of ether oxygens (including phenoxy) is 2. The summed E-state index contributed by atoms with van der Waals surface area (Å²) in [6, 6.07) is 9.08. The summed E-state index contributed by atoms with van der Waals surface area (Å²) in [6.07, 6.45) is 0. The number of hydrogen-bond acceptors (Lipinski definition) is 4. The van der Waals surface area contributed by atoms with Crippen LogP contribution in [0, 0.1) is 5.82 Å². The maximum atomic E-state index is 13.2. The second-order valence-electron chi connectivity index (χ2n) is 4.16. The van der Waals surface area contributed by atoms with Crippen molar-refractivity contribution >= 4 is 5.78 Å². The summed E-state index contributed by atoms with van der Waals surface area (Å²) in [7, 11) is 1.52. The van der Waals surface area contributed by atoms with Gasteiger partial charge in [-0.1, -0.05) is 6.07 Å². The summed E-state index contributed by atoms with van der Waals surface area (Å²) < 4.78 is 23.7. The number of nitrogens with zero attached hydrogens (tertiary/aromatic N) is 1. The molecule has 0 aliphatic heterocycles. The first-order valence-electron chi connectivity index (χ1n) is 6.03. The highest BCUT2D eigenvalue weighted by Gasteiger charge is 2.10. The molecule has 0 aliphatic carbocycles. The summed E-state index contributed by atoms with van der Waals surface area (Å²) in [6.45, 7) is 1.53. The monoisotopic (exact) mass is 275 g/mol. The number of benzene rings is 1. The normalized spacial score (nSPS) is 10.2. The van der Waals surface area contributed by atoms with Crippen LogP contribution in [-0.2, 0) is 6.61 Å². The number of Topliss-reactive ketones (excluding diaryl/α,β-unsaturated/α-hetero) is 1. The zero-order chi connectivity index (χ0) is 14.5. The van der Waals surface area contributed by atoms with E-state index >= 15 is 0 Å².